The number of fused-ring (bicyclic) bond motifs is 1. The predicted molar refractivity (Wildman–Crippen MR) is 124 cm³/mol. The number of alkyl halides is 1. The lowest BCUT2D eigenvalue weighted by Crippen LogP contribution is -2.36. The van der Waals surface area contributed by atoms with E-state index < -0.39 is 18.7 Å². The molecule has 1 aromatic rings. The summed E-state index contributed by atoms with van der Waals surface area (Å²) >= 11 is 7.06. The molecule has 2 heterocycles. The molecule has 0 aromatic heterocycles. The summed E-state index contributed by atoms with van der Waals surface area (Å²) in [5, 5.41) is 10.6. The molecule has 1 aromatic carbocycles. The number of methoxy groups -OCH3 is 1. The number of aliphatic carboxylic acids is 1. The molecule has 0 bridgehead atoms. The molecular formula is C23H24ClFN2O3S. The van der Waals surface area contributed by atoms with Gasteiger partial charge >= 0.3 is 5.97 Å². The van der Waals surface area contributed by atoms with Gasteiger partial charge in [0.15, 0.2) is 5.17 Å². The Morgan fingerprint density at radius 2 is 2.06 bits per heavy atom. The van der Waals surface area contributed by atoms with Gasteiger partial charge in [0.25, 0.3) is 0 Å². The van der Waals surface area contributed by atoms with Crippen LogP contribution in [0, 0.1) is 5.92 Å². The van der Waals surface area contributed by atoms with Gasteiger partial charge in [-0.15, -0.1) is 0 Å². The van der Waals surface area contributed by atoms with E-state index in [2.05, 4.69) is 6.58 Å². The fourth-order valence-corrected chi connectivity index (χ4v) is 4.99. The quantitative estimate of drug-likeness (QED) is 0.503. The molecule has 0 fully saturated rings. The second kappa shape index (κ2) is 9.75. The van der Waals surface area contributed by atoms with Crippen molar-refractivity contribution in [1.82, 2.24) is 4.90 Å². The van der Waals surface area contributed by atoms with Crippen LogP contribution in [0.15, 0.2) is 75.3 Å². The maximum absolute atomic E-state index is 13.5. The normalized spacial score (nSPS) is 21.2. The largest absolute Gasteiger partial charge is 0.497 e. The van der Waals surface area contributed by atoms with E-state index in [-0.39, 0.29) is 16.9 Å². The summed E-state index contributed by atoms with van der Waals surface area (Å²) in [6, 6.07) is 6.75. The zero-order valence-corrected chi connectivity index (χ0v) is 19.1. The number of carbonyl (C=O) groups is 1. The van der Waals surface area contributed by atoms with Gasteiger partial charge in [0.2, 0.25) is 0 Å². The molecule has 31 heavy (non-hydrogen) atoms. The first-order valence-corrected chi connectivity index (χ1v) is 10.9. The molecule has 0 aliphatic carbocycles. The van der Waals surface area contributed by atoms with Crippen molar-refractivity contribution in [3.63, 3.8) is 0 Å². The van der Waals surface area contributed by atoms with E-state index in [0.29, 0.717) is 21.5 Å². The van der Waals surface area contributed by atoms with Gasteiger partial charge in [0, 0.05) is 10.7 Å². The topological polar surface area (TPSA) is 62.1 Å². The number of halogens is 2. The summed E-state index contributed by atoms with van der Waals surface area (Å²) < 4.78 is 18.8. The van der Waals surface area contributed by atoms with Gasteiger partial charge in [-0.3, -0.25) is 4.99 Å². The van der Waals surface area contributed by atoms with Crippen molar-refractivity contribution in [1.29, 1.82) is 0 Å². The molecule has 2 unspecified atom stereocenters. The molecule has 3 rings (SSSR count). The average molecular weight is 463 g/mol. The molecule has 0 spiro atoms. The second-order valence-electron chi connectivity index (χ2n) is 7.36. The molecule has 0 amide bonds. The Labute approximate surface area is 190 Å². The van der Waals surface area contributed by atoms with E-state index in [1.807, 2.05) is 43.0 Å². The number of aliphatic imine (C=N–C) groups is 1. The minimum absolute atomic E-state index is 0.0676. The van der Waals surface area contributed by atoms with Crippen molar-refractivity contribution in [2.75, 3.05) is 13.8 Å². The number of amidine groups is 1. The predicted octanol–water partition coefficient (Wildman–Crippen LogP) is 5.68. The van der Waals surface area contributed by atoms with Crippen molar-refractivity contribution in [2.45, 2.75) is 25.9 Å². The van der Waals surface area contributed by atoms with Gasteiger partial charge in [0.1, 0.15) is 23.4 Å². The Kier molecular flexibility index (Phi) is 7.28. The Morgan fingerprint density at radius 3 is 2.58 bits per heavy atom. The molecule has 0 saturated carbocycles. The lowest BCUT2D eigenvalue weighted by atomic mass is 9.91. The SMILES string of the molecule is C=C(Cl)/C=C\C(=C/CF)C1C(c2ccc(OC)cc2)N=C2SC(C(=O)O)=C(C(C)C)N21. The minimum atomic E-state index is -0.994. The highest BCUT2D eigenvalue weighted by molar-refractivity contribution is 8.18. The lowest BCUT2D eigenvalue weighted by Gasteiger charge is -2.32. The Morgan fingerprint density at radius 1 is 1.39 bits per heavy atom. The molecule has 2 aliphatic heterocycles. The van der Waals surface area contributed by atoms with Crippen molar-refractivity contribution >= 4 is 34.5 Å². The number of ether oxygens (including phenoxy) is 1. The second-order valence-corrected chi connectivity index (χ2v) is 8.82. The molecular weight excluding hydrogens is 439 g/mol. The highest BCUT2D eigenvalue weighted by atomic mass is 35.5. The molecule has 0 saturated heterocycles. The third kappa shape index (κ3) is 4.72. The number of carboxylic acid groups (broad SMARTS) is 1. The number of carboxylic acids is 1. The number of rotatable bonds is 8. The summed E-state index contributed by atoms with van der Waals surface area (Å²) in [6.45, 7) is 6.87. The maximum Gasteiger partial charge on any atom is 0.344 e. The number of hydrogen-bond acceptors (Lipinski definition) is 5. The van der Waals surface area contributed by atoms with E-state index in [1.54, 1.807) is 19.3 Å². The maximum atomic E-state index is 13.5. The summed E-state index contributed by atoms with van der Waals surface area (Å²) in [4.78, 5) is 18.9. The van der Waals surface area contributed by atoms with Gasteiger partial charge in [-0.1, -0.05) is 50.2 Å². The van der Waals surface area contributed by atoms with E-state index >= 15 is 0 Å². The molecule has 2 atom stereocenters. The summed E-state index contributed by atoms with van der Waals surface area (Å²) in [5.41, 5.74) is 2.23. The van der Waals surface area contributed by atoms with Crippen LogP contribution in [0.1, 0.15) is 25.5 Å². The molecule has 164 valence electrons. The van der Waals surface area contributed by atoms with Crippen LogP contribution in [-0.4, -0.2) is 41.0 Å². The Hall–Kier alpha value is -2.51. The molecule has 0 radical (unpaired) electrons. The van der Waals surface area contributed by atoms with E-state index in [0.717, 1.165) is 23.1 Å². The highest BCUT2D eigenvalue weighted by Gasteiger charge is 2.47. The number of nitrogens with zero attached hydrogens (tertiary/aromatic N) is 2. The van der Waals surface area contributed by atoms with Crippen molar-refractivity contribution in [3.8, 4) is 5.75 Å². The van der Waals surface area contributed by atoms with Crippen LogP contribution >= 0.6 is 23.4 Å². The molecule has 5 nitrogen and oxygen atoms in total. The van der Waals surface area contributed by atoms with E-state index in [1.165, 1.54) is 6.08 Å². The first-order valence-electron chi connectivity index (χ1n) is 9.73. The number of benzene rings is 1. The van der Waals surface area contributed by atoms with Gasteiger partial charge in [-0.05, 0) is 53.1 Å². The van der Waals surface area contributed by atoms with Crippen LogP contribution in [0.5, 0.6) is 5.75 Å². The first kappa shape index (κ1) is 23.2. The first-order chi connectivity index (χ1) is 14.8. The van der Waals surface area contributed by atoms with E-state index in [9.17, 15) is 14.3 Å². The third-order valence-electron chi connectivity index (χ3n) is 5.03. The van der Waals surface area contributed by atoms with Crippen molar-refractivity contribution in [3.05, 3.63) is 75.8 Å². The zero-order valence-electron chi connectivity index (χ0n) is 17.5. The third-order valence-corrected chi connectivity index (χ3v) is 6.23. The lowest BCUT2D eigenvalue weighted by molar-refractivity contribution is -0.131. The fraction of sp³-hybridized carbons (Fsp3) is 0.304. The van der Waals surface area contributed by atoms with Crippen LogP contribution in [0.25, 0.3) is 0 Å². The summed E-state index contributed by atoms with van der Waals surface area (Å²) in [6.07, 6.45) is 4.79. The molecule has 2 aliphatic rings. The number of allylic oxidation sites excluding steroid dienone is 4. The summed E-state index contributed by atoms with van der Waals surface area (Å²) in [5.74, 6) is -0.345. The minimum Gasteiger partial charge on any atom is -0.497 e. The molecule has 1 N–H and O–H groups in total. The molecule has 8 heteroatoms. The van der Waals surface area contributed by atoms with Gasteiger partial charge in [-0.2, -0.15) is 0 Å². The zero-order chi connectivity index (χ0) is 22.7. The highest BCUT2D eigenvalue weighted by Crippen LogP contribution is 2.49. The fourth-order valence-electron chi connectivity index (χ4n) is 3.74. The van der Waals surface area contributed by atoms with Gasteiger partial charge < -0.3 is 14.7 Å². The van der Waals surface area contributed by atoms with Gasteiger partial charge in [0.05, 0.1) is 13.2 Å². The van der Waals surface area contributed by atoms with Crippen molar-refractivity contribution < 1.29 is 19.0 Å². The standard InChI is InChI=1S/C23H24ClFN2O3S/c1-13(2)19-21(22(28)29)31-23-26-18(15-7-9-17(30-4)10-8-15)20(27(19)23)16(11-12-25)6-5-14(3)24/h5-11,13,18,20H,3,12H2,1-2,4H3,(H,28,29)/b6-5-,16-11+. The smallest absolute Gasteiger partial charge is 0.344 e. The van der Waals surface area contributed by atoms with E-state index in [4.69, 9.17) is 21.3 Å². The van der Waals surface area contributed by atoms with Crippen LogP contribution < -0.4 is 4.74 Å². The van der Waals surface area contributed by atoms with Crippen LogP contribution in [0.4, 0.5) is 4.39 Å². The monoisotopic (exact) mass is 462 g/mol. The van der Waals surface area contributed by atoms with Crippen LogP contribution in [0.3, 0.4) is 0 Å². The average Bonchev–Trinajstić information content (AvgIpc) is 3.27. The number of thioether (sulfide) groups is 1. The summed E-state index contributed by atoms with van der Waals surface area (Å²) in [7, 11) is 1.60. The van der Waals surface area contributed by atoms with Gasteiger partial charge in [-0.25, -0.2) is 9.18 Å². The van der Waals surface area contributed by atoms with Crippen LogP contribution in [0.2, 0.25) is 0 Å². The van der Waals surface area contributed by atoms with Crippen molar-refractivity contribution in [2.24, 2.45) is 10.9 Å². The Balaban J connectivity index is 2.15. The van der Waals surface area contributed by atoms with Crippen LogP contribution in [-0.2, 0) is 4.79 Å². The number of hydrogen-bond donors (Lipinski definition) is 1. The Bertz CT molecular complexity index is 999.